The Labute approximate surface area is 203 Å². The van der Waals surface area contributed by atoms with E-state index in [0.717, 1.165) is 36.0 Å². The third kappa shape index (κ3) is 7.50. The van der Waals surface area contributed by atoms with Crippen LogP contribution in [0.25, 0.3) is 6.08 Å². The van der Waals surface area contributed by atoms with Crippen molar-refractivity contribution in [2.45, 2.75) is 64.7 Å². The largest absolute Gasteiger partial charge is 0.389 e. The Hall–Kier alpha value is -2.51. The molecule has 0 spiro atoms. The number of rotatable bonds is 11. The maximum Gasteiger partial charge on any atom is 0.349 e. The van der Waals surface area contributed by atoms with Gasteiger partial charge in [0.15, 0.2) is 0 Å². The van der Waals surface area contributed by atoms with Gasteiger partial charge in [0.25, 0.3) is 0 Å². The maximum absolute atomic E-state index is 11.4. The van der Waals surface area contributed by atoms with Crippen LogP contribution in [-0.4, -0.2) is 35.9 Å². The number of carbonyl (C=O) groups is 1. The molecule has 0 saturated carbocycles. The summed E-state index contributed by atoms with van der Waals surface area (Å²) in [7, 11) is 0. The van der Waals surface area contributed by atoms with Crippen LogP contribution in [0.15, 0.2) is 48.5 Å². The number of nitrogens with one attached hydrogen (secondary N) is 1. The molecule has 2 aromatic carbocycles. The first-order chi connectivity index (χ1) is 16.2. The summed E-state index contributed by atoms with van der Waals surface area (Å²) in [5.74, 6) is 4.91. The topological polar surface area (TPSA) is 93.8 Å². The third-order valence-corrected chi connectivity index (χ3v) is 6.48. The van der Waals surface area contributed by atoms with Gasteiger partial charge in [0, 0.05) is 18.2 Å². The average Bonchev–Trinajstić information content (AvgIpc) is 3.21. The minimum absolute atomic E-state index is 0.0776. The molecule has 0 aliphatic heterocycles. The fourth-order valence-corrected chi connectivity index (χ4v) is 4.79. The summed E-state index contributed by atoms with van der Waals surface area (Å²) in [5, 5.41) is 14.1. The molecule has 6 heteroatoms. The Bertz CT molecular complexity index is 977. The Morgan fingerprint density at radius 3 is 2.56 bits per heavy atom. The van der Waals surface area contributed by atoms with Crippen molar-refractivity contribution in [1.82, 2.24) is 5.32 Å². The van der Waals surface area contributed by atoms with Crippen LogP contribution in [0.5, 0.6) is 0 Å². The lowest BCUT2D eigenvalue weighted by Crippen LogP contribution is -2.45. The van der Waals surface area contributed by atoms with E-state index in [1.165, 1.54) is 17.2 Å². The Morgan fingerprint density at radius 2 is 1.91 bits per heavy atom. The molecule has 0 unspecified atom stereocenters. The van der Waals surface area contributed by atoms with E-state index >= 15 is 0 Å². The summed E-state index contributed by atoms with van der Waals surface area (Å²) >= 11 is 0. The zero-order chi connectivity index (χ0) is 24.7. The molecule has 1 aliphatic carbocycles. The molecule has 0 amide bonds. The number of β-amino-alcohol motifs (C(OH)–C–C–N with tert-alkyl or cyclic N) is 1. The lowest BCUT2D eigenvalue weighted by molar-refractivity contribution is -0.138. The summed E-state index contributed by atoms with van der Waals surface area (Å²) in [5.41, 5.74) is 5.70. The van der Waals surface area contributed by atoms with Crippen LogP contribution in [0.2, 0.25) is 0 Å². The van der Waals surface area contributed by atoms with Crippen molar-refractivity contribution in [3.05, 3.63) is 76.4 Å². The van der Waals surface area contributed by atoms with Crippen molar-refractivity contribution < 1.29 is 19.5 Å². The molecule has 1 aliphatic rings. The van der Waals surface area contributed by atoms with Crippen LogP contribution < -0.4 is 11.2 Å². The van der Waals surface area contributed by atoms with Crippen LogP contribution in [0.1, 0.15) is 61.1 Å². The molecular formula is C28H38N2O4. The van der Waals surface area contributed by atoms with Gasteiger partial charge in [0.2, 0.25) is 0 Å². The molecule has 4 N–H and O–H groups in total. The zero-order valence-electron chi connectivity index (χ0n) is 20.7. The molecule has 0 fully saturated rings. The average molecular weight is 467 g/mol. The lowest BCUT2D eigenvalue weighted by Gasteiger charge is -2.31. The van der Waals surface area contributed by atoms with Gasteiger partial charge in [-0.2, -0.15) is 5.90 Å². The van der Waals surface area contributed by atoms with Gasteiger partial charge in [-0.15, -0.1) is 0 Å². The molecule has 6 nitrogen and oxygen atoms in total. The standard InChI is InChI=1S/C28H38N2O4/c1-19-9-11-26(24(13-19)10-12-27(32)34-29)20(2)33-18-25(31)17-30-28(3,4)16-21-14-22-7-5-6-8-23(22)15-21/h5-13,20-21,25,30-31H,14-18,29H2,1-4H3/b12-10+/t20-,25-/m1/s1. The van der Waals surface area contributed by atoms with Gasteiger partial charge in [-0.05, 0) is 81.2 Å². The molecular weight excluding hydrogens is 428 g/mol. The minimum Gasteiger partial charge on any atom is -0.389 e. The van der Waals surface area contributed by atoms with E-state index in [9.17, 15) is 9.90 Å². The van der Waals surface area contributed by atoms with Crippen LogP contribution in [0, 0.1) is 12.8 Å². The van der Waals surface area contributed by atoms with Gasteiger partial charge < -0.3 is 20.0 Å². The van der Waals surface area contributed by atoms with E-state index in [2.05, 4.69) is 48.3 Å². The number of nitrogens with two attached hydrogens (primary N) is 1. The second-order valence-electron chi connectivity index (χ2n) is 10.0. The summed E-state index contributed by atoms with van der Waals surface area (Å²) < 4.78 is 5.98. The van der Waals surface area contributed by atoms with Gasteiger partial charge in [0.05, 0.1) is 18.8 Å². The monoisotopic (exact) mass is 466 g/mol. The van der Waals surface area contributed by atoms with Gasteiger partial charge in [-0.3, -0.25) is 0 Å². The van der Waals surface area contributed by atoms with Crippen molar-refractivity contribution in [3.8, 4) is 0 Å². The molecule has 0 radical (unpaired) electrons. The van der Waals surface area contributed by atoms with Gasteiger partial charge >= 0.3 is 5.97 Å². The lowest BCUT2D eigenvalue weighted by atomic mass is 9.88. The number of fused-ring (bicyclic) bond motifs is 1. The molecule has 184 valence electrons. The fraction of sp³-hybridized carbons (Fsp3) is 0.464. The highest BCUT2D eigenvalue weighted by atomic mass is 16.7. The number of ether oxygens (including phenoxy) is 1. The minimum atomic E-state index is -0.626. The molecule has 0 bridgehead atoms. The number of carbonyl (C=O) groups excluding carboxylic acids is 1. The molecule has 3 rings (SSSR count). The number of aryl methyl sites for hydroxylation is 1. The van der Waals surface area contributed by atoms with Crippen molar-refractivity contribution in [3.63, 3.8) is 0 Å². The predicted octanol–water partition coefficient (Wildman–Crippen LogP) is 4.04. The van der Waals surface area contributed by atoms with Crippen LogP contribution in [0.4, 0.5) is 0 Å². The highest BCUT2D eigenvalue weighted by molar-refractivity contribution is 5.87. The molecule has 2 atom stereocenters. The van der Waals surface area contributed by atoms with Crippen LogP contribution >= 0.6 is 0 Å². The van der Waals surface area contributed by atoms with E-state index in [0.29, 0.717) is 12.5 Å². The first-order valence-corrected chi connectivity index (χ1v) is 12.0. The molecule has 0 heterocycles. The van der Waals surface area contributed by atoms with E-state index < -0.39 is 12.1 Å². The van der Waals surface area contributed by atoms with E-state index in [4.69, 9.17) is 10.6 Å². The van der Waals surface area contributed by atoms with Gasteiger partial charge in [-0.1, -0.05) is 48.0 Å². The van der Waals surface area contributed by atoms with E-state index in [1.807, 2.05) is 32.0 Å². The summed E-state index contributed by atoms with van der Waals surface area (Å²) in [6.45, 7) is 8.98. The van der Waals surface area contributed by atoms with Crippen LogP contribution in [-0.2, 0) is 27.2 Å². The molecule has 34 heavy (non-hydrogen) atoms. The summed E-state index contributed by atoms with van der Waals surface area (Å²) in [6.07, 6.45) is 5.37. The predicted molar refractivity (Wildman–Crippen MR) is 135 cm³/mol. The van der Waals surface area contributed by atoms with E-state index in [1.54, 1.807) is 6.08 Å². The number of aliphatic hydroxyl groups excluding tert-OH is 1. The maximum atomic E-state index is 11.4. The van der Waals surface area contributed by atoms with Gasteiger partial charge in [0.1, 0.15) is 0 Å². The van der Waals surface area contributed by atoms with Gasteiger partial charge in [-0.25, -0.2) is 4.79 Å². The number of aliphatic hydroxyl groups is 1. The fourth-order valence-electron chi connectivity index (χ4n) is 4.79. The first-order valence-electron chi connectivity index (χ1n) is 12.0. The smallest absolute Gasteiger partial charge is 0.349 e. The van der Waals surface area contributed by atoms with Crippen LogP contribution in [0.3, 0.4) is 0 Å². The molecule has 2 aromatic rings. The molecule has 0 aromatic heterocycles. The van der Waals surface area contributed by atoms with E-state index in [-0.39, 0.29) is 18.2 Å². The Balaban J connectivity index is 1.48. The quantitative estimate of drug-likeness (QED) is 0.342. The second kappa shape index (κ2) is 11.8. The Kier molecular flexibility index (Phi) is 9.03. The highest BCUT2D eigenvalue weighted by Crippen LogP contribution is 2.32. The number of hydrogen-bond donors (Lipinski definition) is 3. The van der Waals surface area contributed by atoms with Crippen molar-refractivity contribution in [2.24, 2.45) is 11.8 Å². The third-order valence-electron chi connectivity index (χ3n) is 6.48. The highest BCUT2D eigenvalue weighted by Gasteiger charge is 2.28. The number of hydrogen-bond acceptors (Lipinski definition) is 6. The summed E-state index contributed by atoms with van der Waals surface area (Å²) in [6, 6.07) is 14.6. The second-order valence-corrected chi connectivity index (χ2v) is 10.0. The first kappa shape index (κ1) is 26.1. The normalized spacial score (nSPS) is 15.9. The zero-order valence-corrected chi connectivity index (χ0v) is 20.7. The van der Waals surface area contributed by atoms with Crippen molar-refractivity contribution >= 4 is 12.0 Å². The SMILES string of the molecule is Cc1ccc([C@@H](C)OC[C@H](O)CNC(C)(C)CC2Cc3ccccc3C2)c(/C=C/C(=O)ON)c1. The number of benzene rings is 2. The Morgan fingerprint density at radius 1 is 1.24 bits per heavy atom. The summed E-state index contributed by atoms with van der Waals surface area (Å²) in [4.78, 5) is 15.6. The van der Waals surface area contributed by atoms with Crippen molar-refractivity contribution in [2.75, 3.05) is 13.2 Å². The molecule has 0 saturated heterocycles. The van der Waals surface area contributed by atoms with Crippen molar-refractivity contribution in [1.29, 1.82) is 0 Å².